The number of esters is 2. The Kier molecular flexibility index (Phi) is 6.20. The number of hydrogen-bond acceptors (Lipinski definition) is 4. The molecule has 0 bridgehead atoms. The van der Waals surface area contributed by atoms with Crippen LogP contribution in [0.2, 0.25) is 0 Å². The van der Waals surface area contributed by atoms with Crippen molar-refractivity contribution >= 4 is 11.9 Å². The van der Waals surface area contributed by atoms with Gasteiger partial charge in [-0.2, -0.15) is 0 Å². The summed E-state index contributed by atoms with van der Waals surface area (Å²) in [4.78, 5) is 25.1. The highest BCUT2D eigenvalue weighted by Gasteiger charge is 2.32. The molecule has 0 fully saturated rings. The normalized spacial score (nSPS) is 12.4. The van der Waals surface area contributed by atoms with Gasteiger partial charge in [0, 0.05) is 0 Å². The highest BCUT2D eigenvalue weighted by atomic mass is 16.6. The third-order valence-electron chi connectivity index (χ3n) is 4.86. The van der Waals surface area contributed by atoms with Crippen LogP contribution in [0.3, 0.4) is 0 Å². The van der Waals surface area contributed by atoms with Crippen molar-refractivity contribution in [2.45, 2.75) is 66.6 Å². The summed E-state index contributed by atoms with van der Waals surface area (Å²) in [6, 6.07) is 6.61. The highest BCUT2D eigenvalue weighted by Crippen LogP contribution is 2.26. The van der Waals surface area contributed by atoms with E-state index in [1.165, 1.54) is 0 Å². The van der Waals surface area contributed by atoms with Crippen molar-refractivity contribution < 1.29 is 19.1 Å². The molecule has 0 unspecified atom stereocenters. The fourth-order valence-corrected chi connectivity index (χ4v) is 1.66. The Morgan fingerprint density at radius 2 is 1.04 bits per heavy atom. The molecule has 0 amide bonds. The van der Waals surface area contributed by atoms with Crippen molar-refractivity contribution in [1.82, 2.24) is 0 Å². The monoisotopic (exact) mass is 334 g/mol. The number of ether oxygens (including phenoxy) is 2. The van der Waals surface area contributed by atoms with Crippen LogP contribution in [0.5, 0.6) is 0 Å². The number of carbonyl (C=O) groups is 2. The average Bonchev–Trinajstić information content (AvgIpc) is 2.45. The summed E-state index contributed by atoms with van der Waals surface area (Å²) in [6.45, 7) is 15.4. The van der Waals surface area contributed by atoms with Crippen LogP contribution in [0.4, 0.5) is 0 Å². The van der Waals surface area contributed by atoms with E-state index in [2.05, 4.69) is 0 Å². The van der Waals surface area contributed by atoms with Gasteiger partial charge in [-0.3, -0.25) is 0 Å². The van der Waals surface area contributed by atoms with Crippen LogP contribution in [0.1, 0.15) is 76.1 Å². The molecule has 134 valence electrons. The van der Waals surface area contributed by atoms with Crippen LogP contribution >= 0.6 is 0 Å². The van der Waals surface area contributed by atoms with E-state index < -0.39 is 23.1 Å². The van der Waals surface area contributed by atoms with Crippen molar-refractivity contribution in [2.24, 2.45) is 11.8 Å². The van der Waals surface area contributed by atoms with Crippen molar-refractivity contribution in [1.29, 1.82) is 0 Å². The molecule has 1 rings (SSSR count). The van der Waals surface area contributed by atoms with Crippen LogP contribution in [0.25, 0.3) is 0 Å². The van der Waals surface area contributed by atoms with Crippen LogP contribution in [-0.2, 0) is 9.47 Å². The lowest BCUT2D eigenvalue weighted by molar-refractivity contribution is -0.0265. The smallest absolute Gasteiger partial charge is 0.339 e. The van der Waals surface area contributed by atoms with E-state index in [9.17, 15) is 9.59 Å². The summed E-state index contributed by atoms with van der Waals surface area (Å²) < 4.78 is 11.2. The molecule has 1 aromatic rings. The van der Waals surface area contributed by atoms with E-state index in [1.807, 2.05) is 55.4 Å². The SMILES string of the molecule is CC(C)C(C)(C)OC(=O)c1ccccc1C(=O)OC(C)(C)C(C)C. The van der Waals surface area contributed by atoms with E-state index in [0.29, 0.717) is 0 Å². The number of carbonyl (C=O) groups excluding carboxylic acids is 2. The Morgan fingerprint density at radius 3 is 1.29 bits per heavy atom. The molecule has 1 aromatic carbocycles. The molecule has 0 saturated carbocycles. The third-order valence-corrected chi connectivity index (χ3v) is 4.86. The summed E-state index contributed by atoms with van der Waals surface area (Å²) in [5.74, 6) is -0.715. The van der Waals surface area contributed by atoms with E-state index in [1.54, 1.807) is 24.3 Å². The fourth-order valence-electron chi connectivity index (χ4n) is 1.66. The maximum Gasteiger partial charge on any atom is 0.339 e. The van der Waals surface area contributed by atoms with Crippen LogP contribution in [-0.4, -0.2) is 23.1 Å². The van der Waals surface area contributed by atoms with Crippen molar-refractivity contribution in [2.75, 3.05) is 0 Å². The Balaban J connectivity index is 3.08. The lowest BCUT2D eigenvalue weighted by Gasteiger charge is -2.30. The standard InChI is InChI=1S/C20H30O4/c1-13(2)19(5,6)23-17(21)15-11-9-10-12-16(15)18(22)24-20(7,8)14(3)4/h9-14H,1-8H3. The van der Waals surface area contributed by atoms with Gasteiger partial charge in [0.05, 0.1) is 11.1 Å². The minimum atomic E-state index is -0.620. The van der Waals surface area contributed by atoms with E-state index in [0.717, 1.165) is 0 Å². The van der Waals surface area contributed by atoms with Crippen LogP contribution in [0, 0.1) is 11.8 Å². The molecule has 0 N–H and O–H groups in total. The maximum atomic E-state index is 12.6. The number of benzene rings is 1. The second-order valence-corrected chi connectivity index (χ2v) is 7.84. The zero-order chi connectivity index (χ0) is 18.7. The maximum absolute atomic E-state index is 12.6. The van der Waals surface area contributed by atoms with Crippen molar-refractivity contribution in [3.8, 4) is 0 Å². The fraction of sp³-hybridized carbons (Fsp3) is 0.600. The first-order valence-electron chi connectivity index (χ1n) is 8.44. The molecule has 0 aliphatic rings. The van der Waals surface area contributed by atoms with Crippen LogP contribution in [0.15, 0.2) is 24.3 Å². The first kappa shape index (κ1) is 20.2. The minimum absolute atomic E-state index is 0.153. The van der Waals surface area contributed by atoms with Crippen molar-refractivity contribution in [3.63, 3.8) is 0 Å². The molecule has 0 heterocycles. The minimum Gasteiger partial charge on any atom is -0.456 e. The van der Waals surface area contributed by atoms with E-state index in [-0.39, 0.29) is 23.0 Å². The molecular weight excluding hydrogens is 304 g/mol. The largest absolute Gasteiger partial charge is 0.456 e. The molecule has 24 heavy (non-hydrogen) atoms. The molecular formula is C20H30O4. The van der Waals surface area contributed by atoms with E-state index >= 15 is 0 Å². The summed E-state index contributed by atoms with van der Waals surface area (Å²) >= 11 is 0. The molecule has 0 aromatic heterocycles. The zero-order valence-corrected chi connectivity index (χ0v) is 16.1. The van der Waals surface area contributed by atoms with Gasteiger partial charge in [-0.05, 0) is 51.7 Å². The quantitative estimate of drug-likeness (QED) is 0.696. The van der Waals surface area contributed by atoms with Gasteiger partial charge in [0.2, 0.25) is 0 Å². The molecule has 0 aliphatic carbocycles. The highest BCUT2D eigenvalue weighted by molar-refractivity contribution is 6.03. The summed E-state index contributed by atoms with van der Waals surface area (Å²) in [6.07, 6.45) is 0. The summed E-state index contributed by atoms with van der Waals surface area (Å²) in [5.41, 5.74) is -0.775. The van der Waals surface area contributed by atoms with Gasteiger partial charge in [0.1, 0.15) is 11.2 Å². The topological polar surface area (TPSA) is 52.6 Å². The molecule has 4 heteroatoms. The zero-order valence-electron chi connectivity index (χ0n) is 16.1. The molecule has 0 radical (unpaired) electrons. The second-order valence-electron chi connectivity index (χ2n) is 7.84. The summed E-state index contributed by atoms with van der Waals surface area (Å²) in [7, 11) is 0. The molecule has 0 aliphatic heterocycles. The lowest BCUT2D eigenvalue weighted by Crippen LogP contribution is -2.35. The van der Waals surface area contributed by atoms with Crippen LogP contribution < -0.4 is 0 Å². The van der Waals surface area contributed by atoms with Gasteiger partial charge in [-0.1, -0.05) is 39.8 Å². The Hall–Kier alpha value is -1.84. The Bertz CT molecular complexity index is 544. The van der Waals surface area contributed by atoms with Gasteiger partial charge in [-0.25, -0.2) is 9.59 Å². The molecule has 0 spiro atoms. The Labute approximate surface area is 145 Å². The first-order valence-corrected chi connectivity index (χ1v) is 8.44. The summed E-state index contributed by atoms with van der Waals surface area (Å²) in [5, 5.41) is 0. The third kappa shape index (κ3) is 4.83. The first-order chi connectivity index (χ1) is 10.9. The molecule has 4 nitrogen and oxygen atoms in total. The Morgan fingerprint density at radius 1 is 0.750 bits per heavy atom. The molecule has 0 atom stereocenters. The van der Waals surface area contributed by atoms with Gasteiger partial charge >= 0.3 is 11.9 Å². The molecule has 0 saturated heterocycles. The van der Waals surface area contributed by atoms with Gasteiger partial charge in [-0.15, -0.1) is 0 Å². The van der Waals surface area contributed by atoms with Gasteiger partial charge < -0.3 is 9.47 Å². The van der Waals surface area contributed by atoms with Gasteiger partial charge in [0.15, 0.2) is 0 Å². The van der Waals surface area contributed by atoms with E-state index in [4.69, 9.17) is 9.47 Å². The lowest BCUT2D eigenvalue weighted by atomic mass is 9.94. The predicted octanol–water partition coefficient (Wildman–Crippen LogP) is 4.87. The predicted molar refractivity (Wildman–Crippen MR) is 95.1 cm³/mol. The van der Waals surface area contributed by atoms with Crippen molar-refractivity contribution in [3.05, 3.63) is 35.4 Å². The van der Waals surface area contributed by atoms with Gasteiger partial charge in [0.25, 0.3) is 0 Å². The number of rotatable bonds is 6. The average molecular weight is 334 g/mol. The number of hydrogen-bond donors (Lipinski definition) is 0. The second kappa shape index (κ2) is 7.37.